The number of carbonyl (C=O) groups excluding carboxylic acids is 1. The number of esters is 1. The monoisotopic (exact) mass is 244 g/mol. The van der Waals surface area contributed by atoms with E-state index in [4.69, 9.17) is 14.2 Å². The lowest BCUT2D eigenvalue weighted by atomic mass is 10.0. The first kappa shape index (κ1) is 16.1. The number of ether oxygens (including phenoxy) is 3. The second-order valence-corrected chi connectivity index (χ2v) is 4.84. The molecule has 0 N–H and O–H groups in total. The van der Waals surface area contributed by atoms with Gasteiger partial charge in [0.25, 0.3) is 0 Å². The summed E-state index contributed by atoms with van der Waals surface area (Å²) >= 11 is 0. The van der Waals surface area contributed by atoms with Crippen molar-refractivity contribution >= 4 is 5.97 Å². The van der Waals surface area contributed by atoms with Crippen LogP contribution >= 0.6 is 0 Å². The van der Waals surface area contributed by atoms with Crippen LogP contribution < -0.4 is 0 Å². The standard InChI is InChI=1S/C13H24O4/c1-10(2)12(16-9-15-6)7-8-13(4,5)17-11(3)14/h7-8,10,12H,9H2,1-6H3/b8-7+. The van der Waals surface area contributed by atoms with Crippen LogP contribution in [0.15, 0.2) is 12.2 Å². The summed E-state index contributed by atoms with van der Waals surface area (Å²) in [5.74, 6) is 0.0353. The minimum Gasteiger partial charge on any atom is -0.456 e. The number of carbonyl (C=O) groups is 1. The molecule has 0 saturated carbocycles. The van der Waals surface area contributed by atoms with Crippen molar-refractivity contribution in [2.75, 3.05) is 13.9 Å². The van der Waals surface area contributed by atoms with Gasteiger partial charge in [0.1, 0.15) is 12.4 Å². The van der Waals surface area contributed by atoms with E-state index in [2.05, 4.69) is 13.8 Å². The van der Waals surface area contributed by atoms with Crippen LogP contribution in [-0.4, -0.2) is 31.6 Å². The summed E-state index contributed by atoms with van der Waals surface area (Å²) in [5, 5.41) is 0. The molecule has 1 atom stereocenters. The third-order valence-corrected chi connectivity index (χ3v) is 2.13. The molecule has 17 heavy (non-hydrogen) atoms. The molecule has 0 radical (unpaired) electrons. The summed E-state index contributed by atoms with van der Waals surface area (Å²) < 4.78 is 15.5. The topological polar surface area (TPSA) is 44.8 Å². The van der Waals surface area contributed by atoms with E-state index in [0.717, 1.165) is 0 Å². The lowest BCUT2D eigenvalue weighted by Gasteiger charge is -2.23. The summed E-state index contributed by atoms with van der Waals surface area (Å²) in [6, 6.07) is 0. The Morgan fingerprint density at radius 1 is 1.35 bits per heavy atom. The van der Waals surface area contributed by atoms with E-state index in [1.54, 1.807) is 7.11 Å². The van der Waals surface area contributed by atoms with Crippen molar-refractivity contribution in [1.82, 2.24) is 0 Å². The zero-order chi connectivity index (χ0) is 13.5. The van der Waals surface area contributed by atoms with Crippen LogP contribution in [-0.2, 0) is 19.0 Å². The van der Waals surface area contributed by atoms with Crippen molar-refractivity contribution in [1.29, 1.82) is 0 Å². The highest BCUT2D eigenvalue weighted by atomic mass is 16.7. The summed E-state index contributed by atoms with van der Waals surface area (Å²) in [4.78, 5) is 10.9. The van der Waals surface area contributed by atoms with Crippen LogP contribution in [0.4, 0.5) is 0 Å². The van der Waals surface area contributed by atoms with Crippen LogP contribution in [0.1, 0.15) is 34.6 Å². The van der Waals surface area contributed by atoms with Crippen molar-refractivity contribution in [3.63, 3.8) is 0 Å². The van der Waals surface area contributed by atoms with Crippen LogP contribution in [0.2, 0.25) is 0 Å². The fourth-order valence-corrected chi connectivity index (χ4v) is 1.35. The molecule has 100 valence electrons. The molecule has 0 spiro atoms. The largest absolute Gasteiger partial charge is 0.456 e. The molecule has 4 heteroatoms. The van der Waals surface area contributed by atoms with E-state index in [1.807, 2.05) is 26.0 Å². The zero-order valence-corrected chi connectivity index (χ0v) is 11.6. The fourth-order valence-electron chi connectivity index (χ4n) is 1.35. The molecule has 0 aromatic rings. The molecule has 0 amide bonds. The summed E-state index contributed by atoms with van der Waals surface area (Å²) in [6.45, 7) is 9.43. The van der Waals surface area contributed by atoms with Gasteiger partial charge in [0.05, 0.1) is 6.10 Å². The molecular formula is C13H24O4. The average Bonchev–Trinajstić information content (AvgIpc) is 2.15. The van der Waals surface area contributed by atoms with Gasteiger partial charge in [0.15, 0.2) is 0 Å². The van der Waals surface area contributed by atoms with E-state index in [0.29, 0.717) is 5.92 Å². The first-order valence-corrected chi connectivity index (χ1v) is 5.78. The normalized spacial score (nSPS) is 14.3. The van der Waals surface area contributed by atoms with Crippen LogP contribution in [0.5, 0.6) is 0 Å². The smallest absolute Gasteiger partial charge is 0.303 e. The Balaban J connectivity index is 4.46. The highest BCUT2D eigenvalue weighted by molar-refractivity contribution is 5.66. The molecule has 0 rings (SSSR count). The van der Waals surface area contributed by atoms with Crippen molar-refractivity contribution in [2.45, 2.75) is 46.3 Å². The molecule has 0 bridgehead atoms. The van der Waals surface area contributed by atoms with Crippen LogP contribution in [0, 0.1) is 5.92 Å². The second-order valence-electron chi connectivity index (χ2n) is 4.84. The molecule has 0 saturated heterocycles. The third kappa shape index (κ3) is 7.94. The maximum absolute atomic E-state index is 10.9. The fraction of sp³-hybridized carbons (Fsp3) is 0.769. The Kier molecular flexibility index (Phi) is 7.07. The van der Waals surface area contributed by atoms with Gasteiger partial charge in [0.2, 0.25) is 0 Å². The van der Waals surface area contributed by atoms with Crippen molar-refractivity contribution in [3.8, 4) is 0 Å². The molecule has 0 aliphatic heterocycles. The van der Waals surface area contributed by atoms with Crippen molar-refractivity contribution in [3.05, 3.63) is 12.2 Å². The summed E-state index contributed by atoms with van der Waals surface area (Å²) in [6.07, 6.45) is 3.70. The minimum atomic E-state index is -0.616. The predicted molar refractivity (Wildman–Crippen MR) is 66.6 cm³/mol. The Morgan fingerprint density at radius 2 is 1.94 bits per heavy atom. The van der Waals surface area contributed by atoms with Gasteiger partial charge in [-0.3, -0.25) is 4.79 Å². The highest BCUT2D eigenvalue weighted by Crippen LogP contribution is 2.15. The molecule has 0 fully saturated rings. The van der Waals surface area contributed by atoms with E-state index >= 15 is 0 Å². The van der Waals surface area contributed by atoms with Crippen LogP contribution in [0.25, 0.3) is 0 Å². The zero-order valence-electron chi connectivity index (χ0n) is 11.6. The highest BCUT2D eigenvalue weighted by Gasteiger charge is 2.19. The first-order chi connectivity index (χ1) is 7.78. The van der Waals surface area contributed by atoms with Gasteiger partial charge >= 0.3 is 5.97 Å². The lowest BCUT2D eigenvalue weighted by molar-refractivity contribution is -0.149. The summed E-state index contributed by atoms with van der Waals surface area (Å²) in [5.41, 5.74) is -0.616. The van der Waals surface area contributed by atoms with E-state index < -0.39 is 5.60 Å². The van der Waals surface area contributed by atoms with Gasteiger partial charge in [-0.1, -0.05) is 19.9 Å². The van der Waals surface area contributed by atoms with Crippen LogP contribution in [0.3, 0.4) is 0 Å². The Hall–Kier alpha value is -0.870. The number of rotatable bonds is 7. The molecule has 0 heterocycles. The lowest BCUT2D eigenvalue weighted by Crippen LogP contribution is -2.26. The Labute approximate surface area is 104 Å². The van der Waals surface area contributed by atoms with Gasteiger partial charge in [-0.25, -0.2) is 0 Å². The molecule has 0 aromatic heterocycles. The van der Waals surface area contributed by atoms with E-state index in [9.17, 15) is 4.79 Å². The summed E-state index contributed by atoms with van der Waals surface area (Å²) in [7, 11) is 1.59. The van der Waals surface area contributed by atoms with Gasteiger partial charge in [0, 0.05) is 14.0 Å². The third-order valence-electron chi connectivity index (χ3n) is 2.13. The van der Waals surface area contributed by atoms with Crippen molar-refractivity contribution < 1.29 is 19.0 Å². The molecule has 0 aromatic carbocycles. The van der Waals surface area contributed by atoms with E-state index in [-0.39, 0.29) is 18.9 Å². The Bertz CT molecular complexity index is 256. The second kappa shape index (κ2) is 7.45. The van der Waals surface area contributed by atoms with Gasteiger partial charge in [-0.2, -0.15) is 0 Å². The first-order valence-electron chi connectivity index (χ1n) is 5.78. The van der Waals surface area contributed by atoms with E-state index in [1.165, 1.54) is 6.92 Å². The van der Waals surface area contributed by atoms with Gasteiger partial charge in [-0.05, 0) is 25.8 Å². The number of hydrogen-bond donors (Lipinski definition) is 0. The van der Waals surface area contributed by atoms with Gasteiger partial charge in [-0.15, -0.1) is 0 Å². The minimum absolute atomic E-state index is 0.0511. The SMILES string of the molecule is COCOC(/C=C/C(C)(C)OC(C)=O)C(C)C. The molecule has 4 nitrogen and oxygen atoms in total. The number of hydrogen-bond acceptors (Lipinski definition) is 4. The molecule has 0 aliphatic carbocycles. The Morgan fingerprint density at radius 3 is 2.35 bits per heavy atom. The number of methoxy groups -OCH3 is 1. The molecule has 0 aliphatic rings. The quantitative estimate of drug-likeness (QED) is 0.392. The van der Waals surface area contributed by atoms with Crippen molar-refractivity contribution in [2.24, 2.45) is 5.92 Å². The molecular weight excluding hydrogens is 220 g/mol. The maximum atomic E-state index is 10.9. The van der Waals surface area contributed by atoms with Gasteiger partial charge < -0.3 is 14.2 Å². The maximum Gasteiger partial charge on any atom is 0.303 e. The predicted octanol–water partition coefficient (Wildman–Crippen LogP) is 2.53. The molecule has 1 unspecified atom stereocenters. The average molecular weight is 244 g/mol.